The summed E-state index contributed by atoms with van der Waals surface area (Å²) in [6.45, 7) is 3.95. The largest absolute Gasteiger partial charge is 0.492 e. The summed E-state index contributed by atoms with van der Waals surface area (Å²) in [4.78, 5) is 11.0. The molecule has 1 aromatic rings. The summed E-state index contributed by atoms with van der Waals surface area (Å²) in [6.07, 6.45) is 0.366. The molecule has 0 saturated heterocycles. The van der Waals surface area contributed by atoms with Crippen LogP contribution in [0.15, 0.2) is 24.3 Å². The number of esters is 1. The number of benzene rings is 1. The molecule has 0 spiro atoms. The number of hydrogen-bond acceptors (Lipinski definition) is 5. The quantitative estimate of drug-likeness (QED) is 0.567. The standard InChI is InChI=1S/C14H18N2O3/c1-2-18-14(17)7-8-16-9-10-19-13-5-3-12(11-15)4-6-13/h3-6,16H,2,7-10H2,1H3. The maximum absolute atomic E-state index is 11.0. The first-order valence-corrected chi connectivity index (χ1v) is 6.25. The Morgan fingerprint density at radius 2 is 2.05 bits per heavy atom. The van der Waals surface area contributed by atoms with Gasteiger partial charge in [0, 0.05) is 13.1 Å². The van der Waals surface area contributed by atoms with Crippen molar-refractivity contribution >= 4 is 5.97 Å². The molecule has 0 fully saturated rings. The third-order valence-electron chi connectivity index (χ3n) is 2.34. The van der Waals surface area contributed by atoms with Gasteiger partial charge in [0.1, 0.15) is 12.4 Å². The van der Waals surface area contributed by atoms with Crippen LogP contribution in [0.25, 0.3) is 0 Å². The van der Waals surface area contributed by atoms with Gasteiger partial charge in [-0.25, -0.2) is 0 Å². The molecule has 0 aliphatic heterocycles. The van der Waals surface area contributed by atoms with Crippen molar-refractivity contribution in [3.8, 4) is 11.8 Å². The number of rotatable bonds is 8. The van der Waals surface area contributed by atoms with E-state index in [4.69, 9.17) is 14.7 Å². The minimum atomic E-state index is -0.192. The van der Waals surface area contributed by atoms with Crippen LogP contribution in [0, 0.1) is 11.3 Å². The normalized spacial score (nSPS) is 9.68. The summed E-state index contributed by atoms with van der Waals surface area (Å²) in [5, 5.41) is 11.7. The number of hydrogen-bond donors (Lipinski definition) is 1. The highest BCUT2D eigenvalue weighted by Gasteiger charge is 2.00. The lowest BCUT2D eigenvalue weighted by atomic mass is 10.2. The van der Waals surface area contributed by atoms with E-state index in [1.165, 1.54) is 0 Å². The lowest BCUT2D eigenvalue weighted by Crippen LogP contribution is -2.24. The van der Waals surface area contributed by atoms with Gasteiger partial charge in [0.2, 0.25) is 0 Å². The Labute approximate surface area is 113 Å². The van der Waals surface area contributed by atoms with Gasteiger partial charge >= 0.3 is 5.97 Å². The number of carbonyl (C=O) groups excluding carboxylic acids is 1. The Hall–Kier alpha value is -2.06. The Morgan fingerprint density at radius 1 is 1.32 bits per heavy atom. The first kappa shape index (κ1) is 15.0. The third kappa shape index (κ3) is 6.43. The van der Waals surface area contributed by atoms with Crippen LogP contribution in [-0.4, -0.2) is 32.3 Å². The van der Waals surface area contributed by atoms with Crippen molar-refractivity contribution in [1.82, 2.24) is 5.32 Å². The van der Waals surface area contributed by atoms with Crippen molar-refractivity contribution < 1.29 is 14.3 Å². The molecule has 0 atom stereocenters. The number of nitriles is 1. The van der Waals surface area contributed by atoms with Crippen molar-refractivity contribution in [2.24, 2.45) is 0 Å². The molecule has 5 nitrogen and oxygen atoms in total. The fourth-order valence-corrected chi connectivity index (χ4v) is 1.42. The molecule has 0 bridgehead atoms. The van der Waals surface area contributed by atoms with Gasteiger partial charge in [0.25, 0.3) is 0 Å². The Kier molecular flexibility index (Phi) is 7.06. The molecular formula is C14H18N2O3. The van der Waals surface area contributed by atoms with E-state index in [1.807, 2.05) is 6.07 Å². The van der Waals surface area contributed by atoms with Crippen LogP contribution in [0.3, 0.4) is 0 Å². The van der Waals surface area contributed by atoms with E-state index in [2.05, 4.69) is 5.32 Å². The number of ether oxygens (including phenoxy) is 2. The lowest BCUT2D eigenvalue weighted by Gasteiger charge is -2.07. The number of nitrogens with zero attached hydrogens (tertiary/aromatic N) is 1. The van der Waals surface area contributed by atoms with Crippen LogP contribution >= 0.6 is 0 Å². The molecule has 0 radical (unpaired) electrons. The Morgan fingerprint density at radius 3 is 2.68 bits per heavy atom. The predicted octanol–water partition coefficient (Wildman–Crippen LogP) is 1.48. The second-order valence-electron chi connectivity index (χ2n) is 3.79. The third-order valence-corrected chi connectivity index (χ3v) is 2.34. The highest BCUT2D eigenvalue weighted by atomic mass is 16.5. The maximum Gasteiger partial charge on any atom is 0.307 e. The molecule has 0 saturated carbocycles. The van der Waals surface area contributed by atoms with Gasteiger partial charge in [0.15, 0.2) is 0 Å². The first-order valence-electron chi connectivity index (χ1n) is 6.25. The van der Waals surface area contributed by atoms with E-state index < -0.39 is 0 Å². The minimum Gasteiger partial charge on any atom is -0.492 e. The predicted molar refractivity (Wildman–Crippen MR) is 70.8 cm³/mol. The molecule has 0 aromatic heterocycles. The molecule has 1 rings (SSSR count). The highest BCUT2D eigenvalue weighted by molar-refractivity contribution is 5.69. The number of carbonyl (C=O) groups is 1. The molecular weight excluding hydrogens is 244 g/mol. The summed E-state index contributed by atoms with van der Waals surface area (Å²) in [6, 6.07) is 8.99. The maximum atomic E-state index is 11.0. The molecule has 0 unspecified atom stereocenters. The van der Waals surface area contributed by atoms with Crippen molar-refractivity contribution in [3.63, 3.8) is 0 Å². The van der Waals surface area contributed by atoms with E-state index in [-0.39, 0.29) is 5.97 Å². The van der Waals surface area contributed by atoms with Crippen molar-refractivity contribution in [2.75, 3.05) is 26.3 Å². The first-order chi connectivity index (χ1) is 9.26. The monoisotopic (exact) mass is 262 g/mol. The van der Waals surface area contributed by atoms with Gasteiger partial charge in [-0.3, -0.25) is 4.79 Å². The Balaban J connectivity index is 2.07. The summed E-state index contributed by atoms with van der Waals surface area (Å²) in [5.74, 6) is 0.536. The van der Waals surface area contributed by atoms with Gasteiger partial charge in [-0.2, -0.15) is 5.26 Å². The molecule has 19 heavy (non-hydrogen) atoms. The van der Waals surface area contributed by atoms with E-state index in [1.54, 1.807) is 31.2 Å². The zero-order valence-electron chi connectivity index (χ0n) is 11.0. The van der Waals surface area contributed by atoms with E-state index in [9.17, 15) is 4.79 Å². The van der Waals surface area contributed by atoms with Crippen LogP contribution in [0.2, 0.25) is 0 Å². The fourth-order valence-electron chi connectivity index (χ4n) is 1.42. The lowest BCUT2D eigenvalue weighted by molar-refractivity contribution is -0.142. The second-order valence-corrected chi connectivity index (χ2v) is 3.79. The molecule has 0 aliphatic carbocycles. The average Bonchev–Trinajstić information content (AvgIpc) is 2.43. The fraction of sp³-hybridized carbons (Fsp3) is 0.429. The second kappa shape index (κ2) is 8.95. The van der Waals surface area contributed by atoms with Gasteiger partial charge in [-0.05, 0) is 31.2 Å². The molecule has 1 N–H and O–H groups in total. The molecule has 5 heteroatoms. The molecule has 0 heterocycles. The topological polar surface area (TPSA) is 71.3 Å². The SMILES string of the molecule is CCOC(=O)CCNCCOc1ccc(C#N)cc1. The van der Waals surface area contributed by atoms with Gasteiger partial charge in [-0.15, -0.1) is 0 Å². The van der Waals surface area contributed by atoms with Crippen LogP contribution in [0.1, 0.15) is 18.9 Å². The zero-order valence-corrected chi connectivity index (χ0v) is 11.0. The van der Waals surface area contributed by atoms with Gasteiger partial charge in [0.05, 0.1) is 24.7 Å². The zero-order chi connectivity index (χ0) is 13.9. The van der Waals surface area contributed by atoms with E-state index >= 15 is 0 Å². The van der Waals surface area contributed by atoms with E-state index in [0.29, 0.717) is 38.3 Å². The molecule has 0 aliphatic rings. The van der Waals surface area contributed by atoms with Crippen molar-refractivity contribution in [3.05, 3.63) is 29.8 Å². The molecule has 102 valence electrons. The number of nitrogens with one attached hydrogen (secondary N) is 1. The van der Waals surface area contributed by atoms with Gasteiger partial charge in [-0.1, -0.05) is 0 Å². The Bertz CT molecular complexity index is 423. The molecule has 0 amide bonds. The van der Waals surface area contributed by atoms with Crippen molar-refractivity contribution in [1.29, 1.82) is 5.26 Å². The smallest absolute Gasteiger partial charge is 0.307 e. The minimum absolute atomic E-state index is 0.192. The van der Waals surface area contributed by atoms with Crippen LogP contribution in [0.4, 0.5) is 0 Å². The molecule has 1 aromatic carbocycles. The highest BCUT2D eigenvalue weighted by Crippen LogP contribution is 2.10. The van der Waals surface area contributed by atoms with Crippen LogP contribution in [0.5, 0.6) is 5.75 Å². The van der Waals surface area contributed by atoms with E-state index in [0.717, 1.165) is 5.75 Å². The van der Waals surface area contributed by atoms with Gasteiger partial charge < -0.3 is 14.8 Å². The summed E-state index contributed by atoms with van der Waals surface area (Å²) >= 11 is 0. The van der Waals surface area contributed by atoms with Crippen molar-refractivity contribution in [2.45, 2.75) is 13.3 Å². The van der Waals surface area contributed by atoms with Crippen LogP contribution in [-0.2, 0) is 9.53 Å². The van der Waals surface area contributed by atoms with Crippen LogP contribution < -0.4 is 10.1 Å². The summed E-state index contributed by atoms with van der Waals surface area (Å²) in [7, 11) is 0. The average molecular weight is 262 g/mol. The summed E-state index contributed by atoms with van der Waals surface area (Å²) < 4.78 is 10.3. The summed E-state index contributed by atoms with van der Waals surface area (Å²) in [5.41, 5.74) is 0.611.